The minimum Gasteiger partial charge on any atom is -0.487 e. The number of hydrogen-bond donors (Lipinski definition) is 1. The number of nitro groups is 1. The Morgan fingerprint density at radius 2 is 2.11 bits per heavy atom. The number of ether oxygens (including phenoxy) is 1. The summed E-state index contributed by atoms with van der Waals surface area (Å²) in [5.74, 6) is -0.962. The fraction of sp³-hybridized carbons (Fsp3) is 0.538. The van der Waals surface area contributed by atoms with Gasteiger partial charge in [-0.25, -0.2) is 4.39 Å². The summed E-state index contributed by atoms with van der Waals surface area (Å²) in [4.78, 5) is 10.0. The lowest BCUT2D eigenvalue weighted by Crippen LogP contribution is -2.38. The number of aliphatic hydroxyl groups is 1. The third kappa shape index (κ3) is 3.64. The highest BCUT2D eigenvalue weighted by Gasteiger charge is 2.27. The van der Waals surface area contributed by atoms with Crippen LogP contribution < -0.4 is 4.74 Å². The van der Waals surface area contributed by atoms with Crippen molar-refractivity contribution in [2.45, 2.75) is 33.3 Å². The molecule has 0 bridgehead atoms. The highest BCUT2D eigenvalue weighted by atomic mass is 19.1. The van der Waals surface area contributed by atoms with E-state index in [4.69, 9.17) is 4.74 Å². The van der Waals surface area contributed by atoms with Crippen LogP contribution >= 0.6 is 0 Å². The van der Waals surface area contributed by atoms with Gasteiger partial charge in [-0.2, -0.15) is 0 Å². The molecule has 0 aliphatic carbocycles. The number of nitrogens with zero attached hydrogens (tertiary/aromatic N) is 1. The lowest BCUT2D eigenvalue weighted by Gasteiger charge is -2.27. The predicted molar refractivity (Wildman–Crippen MR) is 68.7 cm³/mol. The van der Waals surface area contributed by atoms with Gasteiger partial charge in [0.15, 0.2) is 11.6 Å². The molecule has 0 aliphatic rings. The summed E-state index contributed by atoms with van der Waals surface area (Å²) in [5, 5.41) is 20.7. The van der Waals surface area contributed by atoms with Crippen LogP contribution in [-0.4, -0.2) is 22.2 Å². The minimum absolute atomic E-state index is 0.0605. The number of hydrogen-bond acceptors (Lipinski definition) is 4. The van der Waals surface area contributed by atoms with Crippen LogP contribution in [0.15, 0.2) is 12.1 Å². The van der Waals surface area contributed by atoms with Crippen LogP contribution in [0.4, 0.5) is 10.1 Å². The highest BCUT2D eigenvalue weighted by Crippen LogP contribution is 2.28. The first-order chi connectivity index (χ1) is 8.65. The zero-order chi connectivity index (χ0) is 14.8. The summed E-state index contributed by atoms with van der Waals surface area (Å²) in [6.45, 7) is 6.65. The summed E-state index contributed by atoms with van der Waals surface area (Å²) in [7, 11) is 0. The van der Waals surface area contributed by atoms with Crippen molar-refractivity contribution in [3.63, 3.8) is 0 Å². The molecule has 5 nitrogen and oxygen atoms in total. The molecule has 6 heteroatoms. The van der Waals surface area contributed by atoms with Crippen molar-refractivity contribution in [1.29, 1.82) is 0 Å². The summed E-state index contributed by atoms with van der Waals surface area (Å²) >= 11 is 0. The van der Waals surface area contributed by atoms with Crippen LogP contribution in [0.25, 0.3) is 0 Å². The Morgan fingerprint density at radius 3 is 2.58 bits per heavy atom. The molecule has 0 fully saturated rings. The maximum atomic E-state index is 13.7. The van der Waals surface area contributed by atoms with Crippen LogP contribution in [0.3, 0.4) is 0 Å². The molecule has 1 unspecified atom stereocenters. The Hall–Kier alpha value is -1.69. The maximum Gasteiger partial charge on any atom is 0.275 e. The predicted octanol–water partition coefficient (Wildman–Crippen LogP) is 2.83. The largest absolute Gasteiger partial charge is 0.487 e. The second-order valence-corrected chi connectivity index (χ2v) is 5.13. The van der Waals surface area contributed by atoms with Gasteiger partial charge in [-0.05, 0) is 25.8 Å². The van der Waals surface area contributed by atoms with E-state index in [1.807, 2.05) is 13.8 Å². The third-order valence-electron chi connectivity index (χ3n) is 3.21. The first-order valence-electron chi connectivity index (χ1n) is 5.95. The summed E-state index contributed by atoms with van der Waals surface area (Å²) in [6.07, 6.45) is 0. The monoisotopic (exact) mass is 271 g/mol. The molecule has 1 aromatic rings. The van der Waals surface area contributed by atoms with E-state index in [1.54, 1.807) is 6.92 Å². The van der Waals surface area contributed by atoms with E-state index in [-0.39, 0.29) is 24.0 Å². The fourth-order valence-corrected chi connectivity index (χ4v) is 1.34. The number of nitro benzene ring substituents is 1. The zero-order valence-corrected chi connectivity index (χ0v) is 11.4. The van der Waals surface area contributed by atoms with E-state index in [2.05, 4.69) is 0 Å². The van der Waals surface area contributed by atoms with E-state index in [0.717, 1.165) is 6.07 Å². The van der Waals surface area contributed by atoms with Gasteiger partial charge in [0.1, 0.15) is 6.61 Å². The average molecular weight is 271 g/mol. The van der Waals surface area contributed by atoms with E-state index in [9.17, 15) is 19.6 Å². The van der Waals surface area contributed by atoms with Crippen molar-refractivity contribution in [3.05, 3.63) is 33.6 Å². The Kier molecular flexibility index (Phi) is 4.47. The van der Waals surface area contributed by atoms with Gasteiger partial charge in [0.2, 0.25) is 0 Å². The highest BCUT2D eigenvalue weighted by molar-refractivity contribution is 5.45. The molecule has 106 valence electrons. The van der Waals surface area contributed by atoms with E-state index < -0.39 is 16.3 Å². The second kappa shape index (κ2) is 5.52. The second-order valence-electron chi connectivity index (χ2n) is 5.13. The molecule has 1 N–H and O–H groups in total. The fourth-order valence-electron chi connectivity index (χ4n) is 1.34. The Labute approximate surface area is 111 Å². The molecule has 19 heavy (non-hydrogen) atoms. The standard InChI is InChI=1S/C13H18FNO4/c1-8(2)13(4,16)7-19-12-5-9(3)11(15(17)18)6-10(12)14/h5-6,8,16H,7H2,1-4H3. The van der Waals surface area contributed by atoms with E-state index in [0.29, 0.717) is 5.56 Å². The lowest BCUT2D eigenvalue weighted by atomic mass is 9.94. The van der Waals surface area contributed by atoms with Crippen LogP contribution in [0, 0.1) is 28.8 Å². The van der Waals surface area contributed by atoms with E-state index >= 15 is 0 Å². The molecule has 0 spiro atoms. The van der Waals surface area contributed by atoms with Gasteiger partial charge >= 0.3 is 0 Å². The number of benzene rings is 1. The van der Waals surface area contributed by atoms with Gasteiger partial charge < -0.3 is 9.84 Å². The molecule has 0 saturated carbocycles. The Balaban J connectivity index is 2.92. The number of halogens is 1. The Morgan fingerprint density at radius 1 is 1.53 bits per heavy atom. The van der Waals surface area contributed by atoms with Crippen LogP contribution in [0.5, 0.6) is 5.75 Å². The molecule has 1 aromatic carbocycles. The van der Waals surface area contributed by atoms with Crippen LogP contribution in [-0.2, 0) is 0 Å². The molecule has 0 aliphatic heterocycles. The van der Waals surface area contributed by atoms with Crippen molar-refractivity contribution in [2.75, 3.05) is 6.61 Å². The normalized spacial score (nSPS) is 14.3. The first kappa shape index (κ1) is 15.4. The van der Waals surface area contributed by atoms with Gasteiger partial charge in [0, 0.05) is 5.56 Å². The van der Waals surface area contributed by atoms with Crippen molar-refractivity contribution in [3.8, 4) is 5.75 Å². The van der Waals surface area contributed by atoms with Gasteiger partial charge in [0.25, 0.3) is 5.69 Å². The van der Waals surface area contributed by atoms with Crippen LogP contribution in [0.2, 0.25) is 0 Å². The molecular weight excluding hydrogens is 253 g/mol. The quantitative estimate of drug-likeness (QED) is 0.660. The van der Waals surface area contributed by atoms with Gasteiger partial charge in [0.05, 0.1) is 16.6 Å². The lowest BCUT2D eigenvalue weighted by molar-refractivity contribution is -0.385. The molecular formula is C13H18FNO4. The Bertz CT molecular complexity index is 486. The van der Waals surface area contributed by atoms with Gasteiger partial charge in [-0.3, -0.25) is 10.1 Å². The van der Waals surface area contributed by atoms with Crippen molar-refractivity contribution >= 4 is 5.69 Å². The van der Waals surface area contributed by atoms with Gasteiger partial charge in [-0.15, -0.1) is 0 Å². The SMILES string of the molecule is Cc1cc(OCC(C)(O)C(C)C)c(F)cc1[N+](=O)[O-]. The first-order valence-corrected chi connectivity index (χ1v) is 5.95. The molecule has 0 amide bonds. The molecule has 1 atom stereocenters. The van der Waals surface area contributed by atoms with Crippen molar-refractivity contribution in [2.24, 2.45) is 5.92 Å². The summed E-state index contributed by atoms with van der Waals surface area (Å²) < 4.78 is 18.9. The molecule has 0 heterocycles. The van der Waals surface area contributed by atoms with Crippen LogP contribution in [0.1, 0.15) is 26.3 Å². The van der Waals surface area contributed by atoms with Crippen molar-refractivity contribution < 1.29 is 19.2 Å². The summed E-state index contributed by atoms with van der Waals surface area (Å²) in [5.41, 5.74) is -1.08. The minimum atomic E-state index is -1.10. The maximum absolute atomic E-state index is 13.7. The topological polar surface area (TPSA) is 72.6 Å². The smallest absolute Gasteiger partial charge is 0.275 e. The number of rotatable bonds is 5. The van der Waals surface area contributed by atoms with E-state index in [1.165, 1.54) is 13.0 Å². The zero-order valence-electron chi connectivity index (χ0n) is 11.4. The van der Waals surface area contributed by atoms with Crippen molar-refractivity contribution in [1.82, 2.24) is 0 Å². The summed E-state index contributed by atoms with van der Waals surface area (Å²) in [6, 6.07) is 2.10. The molecule has 1 rings (SSSR count). The molecule has 0 saturated heterocycles. The number of aryl methyl sites for hydroxylation is 1. The average Bonchev–Trinajstić information content (AvgIpc) is 2.29. The third-order valence-corrected chi connectivity index (χ3v) is 3.21. The van der Waals surface area contributed by atoms with Gasteiger partial charge in [-0.1, -0.05) is 13.8 Å². The molecule has 0 radical (unpaired) electrons. The molecule has 0 aromatic heterocycles.